The van der Waals surface area contributed by atoms with Crippen LogP contribution >= 0.6 is 0 Å². The summed E-state index contributed by atoms with van der Waals surface area (Å²) in [6, 6.07) is -1.07. The van der Waals surface area contributed by atoms with Crippen molar-refractivity contribution in [3.63, 3.8) is 0 Å². The van der Waals surface area contributed by atoms with Crippen LogP contribution < -0.4 is 0 Å². The third-order valence-electron chi connectivity index (χ3n) is 3.92. The summed E-state index contributed by atoms with van der Waals surface area (Å²) in [5.74, 6) is -1.44. The molecule has 0 aliphatic carbocycles. The fraction of sp³-hybridized carbons (Fsp3) is 0.545. The van der Waals surface area contributed by atoms with Gasteiger partial charge in [0.15, 0.2) is 0 Å². The first kappa shape index (κ1) is 13.2. The third kappa shape index (κ3) is 1.20. The second kappa shape index (κ2) is 3.62. The van der Waals surface area contributed by atoms with Gasteiger partial charge in [-0.15, -0.1) is 0 Å². The summed E-state index contributed by atoms with van der Waals surface area (Å²) in [6.07, 6.45) is 0. The number of hydrogen-bond donors (Lipinski definition) is 0. The van der Waals surface area contributed by atoms with E-state index in [2.05, 4.69) is 6.58 Å². The lowest BCUT2D eigenvalue weighted by molar-refractivity contribution is -0.155. The lowest BCUT2D eigenvalue weighted by Crippen LogP contribution is -2.77. The van der Waals surface area contributed by atoms with Crippen LogP contribution in [0.5, 0.6) is 0 Å². The highest BCUT2D eigenvalue weighted by atomic mass is 16.2. The Morgan fingerprint density at radius 3 is 1.53 bits per heavy atom. The van der Waals surface area contributed by atoms with Crippen LogP contribution in [0.15, 0.2) is 12.4 Å². The Kier molecular flexibility index (Phi) is 2.52. The molecular weight excluding hydrogens is 250 g/mol. The first-order valence-corrected chi connectivity index (χ1v) is 5.69. The largest absolute Gasteiger partial charge is 0.331 e. The number of likely N-dealkylation sites (N-methyl/N-ethyl adjacent to an activating group) is 4. The van der Waals surface area contributed by atoms with Crippen molar-refractivity contribution < 1.29 is 14.4 Å². The molecule has 2 fully saturated rings. The van der Waals surface area contributed by atoms with Gasteiger partial charge < -0.3 is 4.90 Å². The van der Waals surface area contributed by atoms with Gasteiger partial charge in [-0.25, -0.2) is 14.5 Å². The summed E-state index contributed by atoms with van der Waals surface area (Å²) in [5, 5.41) is 0. The molecule has 0 aromatic carbocycles. The quantitative estimate of drug-likeness (QED) is 0.597. The molecule has 0 N–H and O–H groups in total. The van der Waals surface area contributed by atoms with Gasteiger partial charge in [-0.2, -0.15) is 0 Å². The molecule has 8 heteroatoms. The number of nitrogens with zero attached hydrogens (tertiary/aromatic N) is 5. The van der Waals surface area contributed by atoms with E-state index in [1.54, 1.807) is 14.1 Å². The maximum Gasteiger partial charge on any atom is 0.331 e. The maximum absolute atomic E-state index is 12.5. The molecule has 2 aliphatic rings. The predicted molar refractivity (Wildman–Crippen MR) is 66.5 cm³/mol. The smallest absolute Gasteiger partial charge is 0.313 e. The molecule has 2 rings (SSSR count). The first-order chi connectivity index (χ1) is 8.68. The van der Waals surface area contributed by atoms with E-state index in [1.165, 1.54) is 40.7 Å². The number of imide groups is 1. The van der Waals surface area contributed by atoms with E-state index in [-0.39, 0.29) is 5.91 Å². The number of carbonyl (C=O) groups is 3. The lowest BCUT2D eigenvalue weighted by atomic mass is 10.2. The van der Waals surface area contributed by atoms with Gasteiger partial charge >= 0.3 is 12.1 Å². The maximum atomic E-state index is 12.5. The van der Waals surface area contributed by atoms with Gasteiger partial charge in [0.25, 0.3) is 11.7 Å². The molecule has 1 spiro atoms. The molecule has 8 nitrogen and oxygen atoms in total. The van der Waals surface area contributed by atoms with Crippen LogP contribution in [0, 0.1) is 0 Å². The van der Waals surface area contributed by atoms with Crippen molar-refractivity contribution in [2.75, 3.05) is 35.2 Å². The number of rotatable bonds is 0. The first-order valence-electron chi connectivity index (χ1n) is 5.69. The SMILES string of the molecule is C=C1N(C)C(=O)C2(N1C)N(C)C(=O)N(C)C(=O)N2C. The molecule has 0 aromatic heterocycles. The van der Waals surface area contributed by atoms with Crippen LogP contribution in [0.2, 0.25) is 0 Å². The molecule has 0 aromatic rings. The Hall–Kier alpha value is -2.25. The van der Waals surface area contributed by atoms with E-state index < -0.39 is 17.8 Å². The highest BCUT2D eigenvalue weighted by molar-refractivity contribution is 6.04. The molecule has 2 heterocycles. The zero-order valence-corrected chi connectivity index (χ0v) is 11.7. The van der Waals surface area contributed by atoms with Crippen molar-refractivity contribution in [1.82, 2.24) is 24.5 Å². The summed E-state index contributed by atoms with van der Waals surface area (Å²) < 4.78 is 0. The van der Waals surface area contributed by atoms with Crippen molar-refractivity contribution in [2.45, 2.75) is 5.79 Å². The van der Waals surface area contributed by atoms with Crippen molar-refractivity contribution >= 4 is 18.0 Å². The summed E-state index contributed by atoms with van der Waals surface area (Å²) in [6.45, 7) is 3.80. The number of carbonyl (C=O) groups excluding carboxylic acids is 3. The van der Waals surface area contributed by atoms with E-state index in [1.807, 2.05) is 0 Å². The topological polar surface area (TPSA) is 67.4 Å². The monoisotopic (exact) mass is 267 g/mol. The van der Waals surface area contributed by atoms with Gasteiger partial charge in [-0.05, 0) is 0 Å². The third-order valence-corrected chi connectivity index (χ3v) is 3.92. The summed E-state index contributed by atoms with van der Waals surface area (Å²) >= 11 is 0. The Bertz CT molecular complexity index is 481. The highest BCUT2D eigenvalue weighted by Gasteiger charge is 2.64. The average molecular weight is 267 g/mol. The molecule has 0 bridgehead atoms. The minimum atomic E-state index is -1.48. The fourth-order valence-corrected chi connectivity index (χ4v) is 2.65. The second-order valence-electron chi connectivity index (χ2n) is 4.72. The zero-order valence-electron chi connectivity index (χ0n) is 11.7. The molecule has 0 atom stereocenters. The molecule has 0 saturated carbocycles. The molecule has 2 saturated heterocycles. The van der Waals surface area contributed by atoms with Crippen molar-refractivity contribution in [2.24, 2.45) is 0 Å². The number of amides is 5. The lowest BCUT2D eigenvalue weighted by Gasteiger charge is -2.51. The van der Waals surface area contributed by atoms with Gasteiger partial charge in [-0.3, -0.25) is 19.5 Å². The molecule has 19 heavy (non-hydrogen) atoms. The molecule has 2 aliphatic heterocycles. The van der Waals surface area contributed by atoms with Crippen LogP contribution in [-0.2, 0) is 4.79 Å². The Balaban J connectivity index is 2.64. The Morgan fingerprint density at radius 2 is 1.21 bits per heavy atom. The van der Waals surface area contributed by atoms with Gasteiger partial charge in [0.05, 0.1) is 0 Å². The zero-order chi connectivity index (χ0) is 14.7. The summed E-state index contributed by atoms with van der Waals surface area (Å²) in [4.78, 5) is 43.1. The number of urea groups is 2. The number of hydrogen-bond acceptors (Lipinski definition) is 4. The van der Waals surface area contributed by atoms with Crippen LogP contribution in [0.1, 0.15) is 0 Å². The molecular formula is C11H17N5O3. The Morgan fingerprint density at radius 1 is 0.789 bits per heavy atom. The fourth-order valence-electron chi connectivity index (χ4n) is 2.65. The standard InChI is InChI=1S/C11H17N5O3/c1-7-12(2)8(17)11(14(7)4)15(5)9(18)13(3)10(19)16(11)6/h1H2,2-6H3. The minimum Gasteiger partial charge on any atom is -0.313 e. The molecule has 0 unspecified atom stereocenters. The van der Waals surface area contributed by atoms with E-state index >= 15 is 0 Å². The van der Waals surface area contributed by atoms with E-state index in [0.29, 0.717) is 5.82 Å². The van der Waals surface area contributed by atoms with E-state index in [4.69, 9.17) is 0 Å². The van der Waals surface area contributed by atoms with Gasteiger partial charge in [0.1, 0.15) is 5.82 Å². The van der Waals surface area contributed by atoms with Crippen LogP contribution in [0.3, 0.4) is 0 Å². The molecule has 5 amide bonds. The Labute approximate surface area is 111 Å². The van der Waals surface area contributed by atoms with E-state index in [9.17, 15) is 14.4 Å². The summed E-state index contributed by atoms with van der Waals surface area (Å²) in [7, 11) is 7.54. The molecule has 0 radical (unpaired) electrons. The summed E-state index contributed by atoms with van der Waals surface area (Å²) in [5.41, 5.74) is 0. The second-order valence-corrected chi connectivity index (χ2v) is 4.72. The average Bonchev–Trinajstić information content (AvgIpc) is 2.56. The minimum absolute atomic E-state index is 0.389. The van der Waals surface area contributed by atoms with Gasteiger partial charge in [-0.1, -0.05) is 6.58 Å². The van der Waals surface area contributed by atoms with Crippen LogP contribution in [0.25, 0.3) is 0 Å². The van der Waals surface area contributed by atoms with Crippen LogP contribution in [0.4, 0.5) is 9.59 Å². The predicted octanol–water partition coefficient (Wildman–Crippen LogP) is -0.436. The van der Waals surface area contributed by atoms with Crippen molar-refractivity contribution in [3.05, 3.63) is 12.4 Å². The highest BCUT2D eigenvalue weighted by Crippen LogP contribution is 2.38. The normalized spacial score (nSPS) is 23.3. The molecule has 104 valence electrons. The van der Waals surface area contributed by atoms with Crippen LogP contribution in [-0.4, -0.2) is 83.5 Å². The van der Waals surface area contributed by atoms with Crippen molar-refractivity contribution in [1.29, 1.82) is 0 Å². The van der Waals surface area contributed by atoms with Crippen molar-refractivity contribution in [3.8, 4) is 0 Å². The van der Waals surface area contributed by atoms with Gasteiger partial charge in [0, 0.05) is 35.2 Å². The van der Waals surface area contributed by atoms with E-state index in [0.717, 1.165) is 4.90 Å². The van der Waals surface area contributed by atoms with Gasteiger partial charge in [0.2, 0.25) is 0 Å².